The monoisotopic (exact) mass is 398 g/mol. The minimum Gasteiger partial charge on any atom is -0.291 e. The van der Waals surface area contributed by atoms with E-state index in [-0.39, 0.29) is 11.3 Å². The van der Waals surface area contributed by atoms with Crippen molar-refractivity contribution in [2.24, 2.45) is 7.05 Å². The normalized spacial score (nSPS) is 10.8. The Morgan fingerprint density at radius 2 is 1.78 bits per heavy atom. The van der Waals surface area contributed by atoms with Crippen LogP contribution >= 0.6 is 23.4 Å². The average Bonchev–Trinajstić information content (AvgIpc) is 2.68. The number of hydrogen-bond acceptors (Lipinski definition) is 4. The molecule has 0 aliphatic rings. The van der Waals surface area contributed by atoms with Crippen molar-refractivity contribution in [2.45, 2.75) is 24.8 Å². The van der Waals surface area contributed by atoms with Crippen LogP contribution in [0.15, 0.2) is 58.5 Å². The molecule has 3 rings (SSSR count). The summed E-state index contributed by atoms with van der Waals surface area (Å²) in [5, 5.41) is 1.13. The van der Waals surface area contributed by atoms with Gasteiger partial charge in [-0.1, -0.05) is 59.8 Å². The van der Waals surface area contributed by atoms with Gasteiger partial charge >= 0.3 is 0 Å². The Hall–Kier alpha value is -2.37. The fourth-order valence-electron chi connectivity index (χ4n) is 2.63. The van der Waals surface area contributed by atoms with Gasteiger partial charge in [0.05, 0.1) is 5.02 Å². The molecule has 0 fully saturated rings. The first kappa shape index (κ1) is 19.4. The summed E-state index contributed by atoms with van der Waals surface area (Å²) in [5.41, 5.74) is 3.53. The smallest absolute Gasteiger partial charge is 0.257 e. The molecule has 0 atom stereocenters. The first-order valence-electron chi connectivity index (χ1n) is 8.43. The molecule has 2 aromatic carbocycles. The molecule has 0 bridgehead atoms. The maximum Gasteiger partial charge on any atom is 0.257 e. The molecule has 0 aliphatic carbocycles. The molecular weight excluding hydrogens is 380 g/mol. The summed E-state index contributed by atoms with van der Waals surface area (Å²) in [5.74, 6) is 0.557. The number of benzene rings is 2. The summed E-state index contributed by atoms with van der Waals surface area (Å²) < 4.78 is 1.57. The molecule has 0 N–H and O–H groups in total. The maximum atomic E-state index is 12.6. The quantitative estimate of drug-likeness (QED) is 0.359. The Labute approximate surface area is 167 Å². The number of carbonyl (C=O) groups is 1. The van der Waals surface area contributed by atoms with E-state index < -0.39 is 0 Å². The third-order valence-electron chi connectivity index (χ3n) is 4.42. The molecule has 0 aliphatic heterocycles. The lowest BCUT2D eigenvalue weighted by Crippen LogP contribution is -2.23. The van der Waals surface area contributed by atoms with Crippen LogP contribution < -0.4 is 5.56 Å². The molecule has 0 amide bonds. The molecule has 1 heterocycles. The molecule has 0 saturated heterocycles. The van der Waals surface area contributed by atoms with Crippen molar-refractivity contribution in [1.29, 1.82) is 0 Å². The topological polar surface area (TPSA) is 52.0 Å². The molecule has 138 valence electrons. The molecule has 0 unspecified atom stereocenters. The number of carbonyl (C=O) groups excluding carboxylic acids is 1. The second-order valence-electron chi connectivity index (χ2n) is 6.26. The number of rotatable bonds is 5. The Bertz CT molecular complexity index is 1060. The first-order valence-corrected chi connectivity index (χ1v) is 9.80. The zero-order chi connectivity index (χ0) is 19.6. The van der Waals surface area contributed by atoms with Crippen LogP contribution in [-0.2, 0) is 12.8 Å². The standard InChI is InChI=1S/C21H19ClN2O2S/c1-13-14(2)23-21(24(3)20(13)26)27-12-15-8-10-16(11-9-15)19(25)17-6-4-5-7-18(17)22/h4-11H,12H2,1-3H3. The van der Waals surface area contributed by atoms with Crippen LogP contribution in [0, 0.1) is 13.8 Å². The van der Waals surface area contributed by atoms with Gasteiger partial charge in [-0.15, -0.1) is 0 Å². The third-order valence-corrected chi connectivity index (χ3v) is 5.85. The lowest BCUT2D eigenvalue weighted by Gasteiger charge is -2.10. The van der Waals surface area contributed by atoms with Crippen LogP contribution in [0.5, 0.6) is 0 Å². The van der Waals surface area contributed by atoms with Gasteiger partial charge in [-0.25, -0.2) is 4.98 Å². The summed E-state index contributed by atoms with van der Waals surface area (Å²) in [4.78, 5) is 29.2. The summed E-state index contributed by atoms with van der Waals surface area (Å²) in [7, 11) is 1.73. The summed E-state index contributed by atoms with van der Waals surface area (Å²) in [6.07, 6.45) is 0. The van der Waals surface area contributed by atoms with E-state index in [2.05, 4.69) is 4.98 Å². The molecular formula is C21H19ClN2O2S. The van der Waals surface area contributed by atoms with Crippen LogP contribution in [0.2, 0.25) is 5.02 Å². The summed E-state index contributed by atoms with van der Waals surface area (Å²) in [6, 6.07) is 14.5. The van der Waals surface area contributed by atoms with Gasteiger partial charge in [0.15, 0.2) is 10.9 Å². The highest BCUT2D eigenvalue weighted by molar-refractivity contribution is 7.98. The Kier molecular flexibility index (Phi) is 5.82. The van der Waals surface area contributed by atoms with Crippen molar-refractivity contribution >= 4 is 29.1 Å². The van der Waals surface area contributed by atoms with Gasteiger partial charge in [0.25, 0.3) is 5.56 Å². The van der Waals surface area contributed by atoms with E-state index >= 15 is 0 Å². The molecule has 6 heteroatoms. The van der Waals surface area contributed by atoms with Crippen LogP contribution in [-0.4, -0.2) is 15.3 Å². The number of nitrogens with zero attached hydrogens (tertiary/aromatic N) is 2. The lowest BCUT2D eigenvalue weighted by molar-refractivity contribution is 0.103. The van der Waals surface area contributed by atoms with Crippen LogP contribution in [0.25, 0.3) is 0 Å². The highest BCUT2D eigenvalue weighted by Gasteiger charge is 2.13. The predicted molar refractivity (Wildman–Crippen MR) is 110 cm³/mol. The van der Waals surface area contributed by atoms with Gasteiger partial charge in [0, 0.05) is 35.2 Å². The van der Waals surface area contributed by atoms with Crippen molar-refractivity contribution in [3.8, 4) is 0 Å². The van der Waals surface area contributed by atoms with Gasteiger partial charge < -0.3 is 0 Å². The molecule has 3 aromatic rings. The summed E-state index contributed by atoms with van der Waals surface area (Å²) >= 11 is 7.61. The second kappa shape index (κ2) is 8.11. The van der Waals surface area contributed by atoms with E-state index in [1.54, 1.807) is 54.9 Å². The van der Waals surface area contributed by atoms with E-state index in [0.717, 1.165) is 11.3 Å². The number of thioether (sulfide) groups is 1. The highest BCUT2D eigenvalue weighted by Crippen LogP contribution is 2.23. The number of halogens is 1. The van der Waals surface area contributed by atoms with Gasteiger partial charge in [-0.2, -0.15) is 0 Å². The van der Waals surface area contributed by atoms with E-state index in [0.29, 0.717) is 32.6 Å². The largest absolute Gasteiger partial charge is 0.291 e. The van der Waals surface area contributed by atoms with Gasteiger partial charge in [0.2, 0.25) is 0 Å². The Morgan fingerprint density at radius 1 is 1.11 bits per heavy atom. The van der Waals surface area contributed by atoms with Crippen LogP contribution in [0.1, 0.15) is 32.7 Å². The average molecular weight is 399 g/mol. The van der Waals surface area contributed by atoms with Gasteiger partial charge in [-0.3, -0.25) is 14.2 Å². The van der Waals surface area contributed by atoms with E-state index in [1.807, 2.05) is 19.1 Å². The number of aromatic nitrogens is 2. The maximum absolute atomic E-state index is 12.6. The fourth-order valence-corrected chi connectivity index (χ4v) is 3.81. The van der Waals surface area contributed by atoms with Gasteiger partial charge in [0.1, 0.15) is 0 Å². The molecule has 4 nitrogen and oxygen atoms in total. The second-order valence-corrected chi connectivity index (χ2v) is 7.61. The zero-order valence-corrected chi connectivity index (χ0v) is 16.9. The van der Waals surface area contributed by atoms with Crippen molar-refractivity contribution in [3.05, 3.63) is 91.9 Å². The predicted octanol–water partition coefficient (Wildman–Crippen LogP) is 4.57. The minimum absolute atomic E-state index is 0.0225. The van der Waals surface area contributed by atoms with Crippen molar-refractivity contribution in [1.82, 2.24) is 9.55 Å². The van der Waals surface area contributed by atoms with Crippen molar-refractivity contribution in [3.63, 3.8) is 0 Å². The van der Waals surface area contributed by atoms with E-state index in [4.69, 9.17) is 11.6 Å². The van der Waals surface area contributed by atoms with E-state index in [1.165, 1.54) is 11.8 Å². The first-order chi connectivity index (χ1) is 12.9. The van der Waals surface area contributed by atoms with Crippen LogP contribution in [0.4, 0.5) is 0 Å². The molecule has 27 heavy (non-hydrogen) atoms. The zero-order valence-electron chi connectivity index (χ0n) is 15.3. The third kappa shape index (κ3) is 4.15. The molecule has 1 aromatic heterocycles. The molecule has 0 saturated carbocycles. The molecule has 0 spiro atoms. The van der Waals surface area contributed by atoms with Gasteiger partial charge in [-0.05, 0) is 31.5 Å². The number of aryl methyl sites for hydroxylation is 1. The summed E-state index contributed by atoms with van der Waals surface area (Å²) in [6.45, 7) is 3.63. The highest BCUT2D eigenvalue weighted by atomic mass is 35.5. The van der Waals surface area contributed by atoms with Crippen LogP contribution in [0.3, 0.4) is 0 Å². The van der Waals surface area contributed by atoms with Crippen molar-refractivity contribution < 1.29 is 4.79 Å². The van der Waals surface area contributed by atoms with Crippen molar-refractivity contribution in [2.75, 3.05) is 0 Å². The minimum atomic E-state index is -0.0991. The number of hydrogen-bond donors (Lipinski definition) is 0. The molecule has 0 radical (unpaired) electrons. The lowest BCUT2D eigenvalue weighted by atomic mass is 10.0. The number of ketones is 1. The fraction of sp³-hybridized carbons (Fsp3) is 0.190. The Balaban J connectivity index is 1.75. The Morgan fingerprint density at radius 3 is 2.44 bits per heavy atom. The SMILES string of the molecule is Cc1nc(SCc2ccc(C(=O)c3ccccc3Cl)cc2)n(C)c(=O)c1C. The van der Waals surface area contributed by atoms with E-state index in [9.17, 15) is 9.59 Å².